The fourth-order valence-electron chi connectivity index (χ4n) is 3.43. The summed E-state index contributed by atoms with van der Waals surface area (Å²) in [5.41, 5.74) is 8.07. The molecule has 0 bridgehead atoms. The monoisotopic (exact) mass is 634 g/mol. The molecule has 0 heterocycles. The minimum absolute atomic E-state index is 0. The van der Waals surface area contributed by atoms with Gasteiger partial charge in [-0.2, -0.15) is 13.2 Å². The first-order valence-electron chi connectivity index (χ1n) is 10.3. The van der Waals surface area contributed by atoms with Crippen LogP contribution in [0.25, 0.3) is 5.73 Å². The maximum atomic E-state index is 12.5. The van der Waals surface area contributed by atoms with E-state index in [1.54, 1.807) is 13.8 Å². The number of benzene rings is 2. The molecule has 2 aromatic carbocycles. The molecule has 0 fully saturated rings. The quantitative estimate of drug-likeness (QED) is 0.255. The van der Waals surface area contributed by atoms with Gasteiger partial charge >= 0.3 is 6.18 Å². The van der Waals surface area contributed by atoms with Gasteiger partial charge in [-0.25, -0.2) is 4.39 Å². The third kappa shape index (κ3) is 8.30. The molecule has 1 unspecified atom stereocenters. The van der Waals surface area contributed by atoms with Crippen LogP contribution >= 0.6 is 0 Å². The molecule has 32 heavy (non-hydrogen) atoms. The van der Waals surface area contributed by atoms with Crippen molar-refractivity contribution in [3.8, 4) is 0 Å². The minimum atomic E-state index is -4.32. The van der Waals surface area contributed by atoms with Gasteiger partial charge in [0.2, 0.25) is 0 Å². The van der Waals surface area contributed by atoms with Crippen LogP contribution in [0.15, 0.2) is 36.4 Å². The minimum Gasteiger partial charge on any atom is -0.698 e. The van der Waals surface area contributed by atoms with E-state index in [1.807, 2.05) is 27.7 Å². The van der Waals surface area contributed by atoms with Crippen LogP contribution in [-0.4, -0.2) is 17.4 Å². The first kappa shape index (κ1) is 32.4. The van der Waals surface area contributed by atoms with Crippen molar-refractivity contribution in [3.63, 3.8) is 0 Å². The number of aliphatic hydroxyl groups excluding tert-OH is 1. The van der Waals surface area contributed by atoms with E-state index in [-0.39, 0.29) is 25.8 Å². The number of rotatable bonds is 5. The number of hydrogen-bond donors (Lipinski definition) is 2. The Hall–Kier alpha value is -1.76. The molecule has 0 aliphatic rings. The van der Waals surface area contributed by atoms with Crippen LogP contribution < -0.4 is 0 Å². The molecule has 0 saturated carbocycles. The van der Waals surface area contributed by atoms with Gasteiger partial charge in [0.15, 0.2) is 0 Å². The number of alkyl halides is 3. The Balaban J connectivity index is 0. The van der Waals surface area contributed by atoms with E-state index in [0.29, 0.717) is 24.0 Å². The van der Waals surface area contributed by atoms with Gasteiger partial charge < -0.3 is 16.2 Å². The van der Waals surface area contributed by atoms with Gasteiger partial charge in [-0.1, -0.05) is 39.8 Å². The van der Waals surface area contributed by atoms with Gasteiger partial charge in [0.25, 0.3) is 0 Å². The van der Waals surface area contributed by atoms with Crippen molar-refractivity contribution in [2.24, 2.45) is 0 Å². The van der Waals surface area contributed by atoms with Gasteiger partial charge in [0.05, 0.1) is 11.7 Å². The van der Waals surface area contributed by atoms with E-state index in [1.165, 1.54) is 18.2 Å². The van der Waals surface area contributed by atoms with Crippen LogP contribution in [0.2, 0.25) is 0 Å². The summed E-state index contributed by atoms with van der Waals surface area (Å²) in [5.74, 6) is -0.418. The van der Waals surface area contributed by atoms with Gasteiger partial charge in [-0.15, -0.1) is 5.69 Å². The molecule has 3 nitrogen and oxygen atoms in total. The second kappa shape index (κ2) is 14.4. The van der Waals surface area contributed by atoms with Gasteiger partial charge in [0.1, 0.15) is 5.82 Å². The van der Waals surface area contributed by atoms with Crippen LogP contribution in [0, 0.1) is 18.2 Å². The predicted molar refractivity (Wildman–Crippen MR) is 120 cm³/mol. The Morgan fingerprint density at radius 2 is 1.47 bits per heavy atom. The van der Waals surface area contributed by atoms with Crippen molar-refractivity contribution < 1.29 is 42.8 Å². The van der Waals surface area contributed by atoms with Crippen LogP contribution in [0.5, 0.6) is 0 Å². The van der Waals surface area contributed by atoms with Gasteiger partial charge in [0, 0.05) is 31.7 Å². The summed E-state index contributed by atoms with van der Waals surface area (Å²) in [6, 6.07) is 7.53. The maximum absolute atomic E-state index is 12.5. The number of nitrogens with one attached hydrogen (secondary N) is 2. The van der Waals surface area contributed by atoms with Crippen molar-refractivity contribution in [1.29, 1.82) is 5.41 Å². The molecule has 0 aliphatic heterocycles. The Bertz CT molecular complexity index is 795. The number of halogens is 4. The predicted octanol–water partition coefficient (Wildman–Crippen LogP) is 7.98. The summed E-state index contributed by atoms with van der Waals surface area (Å²) in [7, 11) is 0. The average Bonchev–Trinajstić information content (AvgIpc) is 2.70. The Kier molecular flexibility index (Phi) is 14.6. The maximum Gasteiger partial charge on any atom is 0.416 e. The first-order chi connectivity index (χ1) is 14.4. The van der Waals surface area contributed by atoms with Crippen molar-refractivity contribution in [3.05, 3.63) is 70.2 Å². The molecule has 2 rings (SSSR count). The Morgan fingerprint density at radius 1 is 1.03 bits per heavy atom. The van der Waals surface area contributed by atoms with E-state index in [4.69, 9.17) is 11.1 Å². The summed E-state index contributed by atoms with van der Waals surface area (Å²) >= 11 is 0. The summed E-state index contributed by atoms with van der Waals surface area (Å²) in [6.45, 7) is 11.2. The zero-order valence-corrected chi connectivity index (χ0v) is 21.7. The molecule has 0 saturated heterocycles. The molecular weight excluding hydrogens is 600 g/mol. The van der Waals surface area contributed by atoms with Gasteiger partial charge in [-0.3, -0.25) is 0 Å². The molecule has 0 spiro atoms. The van der Waals surface area contributed by atoms with E-state index in [0.717, 1.165) is 30.0 Å². The van der Waals surface area contributed by atoms with Crippen molar-refractivity contribution >= 4 is 11.9 Å². The molecule has 1 radical (unpaired) electrons. The van der Waals surface area contributed by atoms with Crippen LogP contribution in [-0.2, 0) is 31.7 Å². The molecule has 1 atom stereocenters. The summed E-state index contributed by atoms with van der Waals surface area (Å²) in [4.78, 5) is 0. The number of aliphatic hydroxyl groups is 1. The molecule has 2 aromatic rings. The Labute approximate surface area is 202 Å². The second-order valence-corrected chi connectivity index (χ2v) is 6.94. The van der Waals surface area contributed by atoms with E-state index in [2.05, 4.69) is 0 Å². The largest absolute Gasteiger partial charge is 0.698 e. The molecular formula is C24H33F4IrN2O-. The van der Waals surface area contributed by atoms with E-state index in [9.17, 15) is 22.7 Å². The second-order valence-electron chi connectivity index (χ2n) is 6.94. The normalized spacial score (nSPS) is 11.7. The summed E-state index contributed by atoms with van der Waals surface area (Å²) < 4.78 is 50.0. The van der Waals surface area contributed by atoms with Gasteiger partial charge in [-0.05, 0) is 67.6 Å². The van der Waals surface area contributed by atoms with Crippen molar-refractivity contribution in [1.82, 2.24) is 0 Å². The van der Waals surface area contributed by atoms with E-state index >= 15 is 0 Å². The smallest absolute Gasteiger partial charge is 0.416 e. The number of aryl methyl sites for hydroxylation is 1. The zero-order valence-electron chi connectivity index (χ0n) is 19.3. The molecule has 183 valence electrons. The summed E-state index contributed by atoms with van der Waals surface area (Å²) in [6.07, 6.45) is -2.47. The molecule has 0 amide bonds. The van der Waals surface area contributed by atoms with Crippen molar-refractivity contribution in [2.75, 3.05) is 0 Å². The zero-order chi connectivity index (χ0) is 24.4. The standard InChI is InChI=1S/C14H19F3O.C8H8FN2.C2H6.Ir/c1-4-13(5-2,10(3)18)11-6-8-12(9-7-11)14(15,16)17;1-5-2-6(9)3-8(11)7(5)4-10;1-2;/h6-10,18H,4-5H2,1-3H3;2-4,10-11H,1H3;1-2H3;/q;-1;;. The average molecular weight is 634 g/mol. The van der Waals surface area contributed by atoms with Crippen LogP contribution in [0.3, 0.4) is 0 Å². The van der Waals surface area contributed by atoms with Crippen LogP contribution in [0.4, 0.5) is 23.2 Å². The molecule has 0 aliphatic carbocycles. The number of hydrogen-bond acceptors (Lipinski definition) is 2. The fourth-order valence-corrected chi connectivity index (χ4v) is 3.43. The Morgan fingerprint density at radius 3 is 1.78 bits per heavy atom. The third-order valence-electron chi connectivity index (χ3n) is 5.34. The van der Waals surface area contributed by atoms with E-state index < -0.39 is 29.1 Å². The van der Waals surface area contributed by atoms with Crippen LogP contribution in [0.1, 0.15) is 69.7 Å². The SMILES string of the molecule is CC.CCC(CC)(c1ccc(C(F)(F)F)cc1)C(C)O.Cc1cc(F)cc([NH-])c1C=N.[Ir]. The van der Waals surface area contributed by atoms with Crippen molar-refractivity contribution in [2.45, 2.75) is 72.1 Å². The molecule has 8 heteroatoms. The first-order valence-corrected chi connectivity index (χ1v) is 10.3. The summed E-state index contributed by atoms with van der Waals surface area (Å²) in [5, 5.41) is 16.9. The third-order valence-corrected chi connectivity index (χ3v) is 5.34. The fraction of sp³-hybridized carbons (Fsp3) is 0.458. The molecule has 0 aromatic heterocycles. The topological polar surface area (TPSA) is 67.9 Å². The molecule has 3 N–H and O–H groups in total.